The molecule has 1 saturated heterocycles. The molecule has 0 unspecified atom stereocenters. The number of carbonyl (C=O) groups excluding carboxylic acids is 3. The number of halogens is 2. The van der Waals surface area contributed by atoms with Crippen molar-refractivity contribution in [3.05, 3.63) is 183 Å². The third-order valence-corrected chi connectivity index (χ3v) is 12.2. The molecule has 0 atom stereocenters. The van der Waals surface area contributed by atoms with Crippen molar-refractivity contribution in [2.45, 2.75) is 31.8 Å². The molecule has 7 rings (SSSR count). The SMILES string of the molecule is CN(C)CCOC(=O)C(O)(c1ccccc1)c1ccccc1.COC(=O)c1ccccc1C(=O)c1ccc(OCCN2CCCCC2)cc1.Cc1c(N(C)CS(=O)(=O)O)c(=O)n(-c2ccccc2)n1C.Cl.Cl.[Na]. The number of benzene rings is 5. The minimum absolute atomic E-state index is 0. The van der Waals surface area contributed by atoms with Gasteiger partial charge in [-0.3, -0.25) is 23.7 Å². The Hall–Kier alpha value is -5.31. The maximum absolute atomic E-state index is 12.8. The number of piperidine rings is 1. The molecule has 1 aromatic heterocycles. The number of aromatic nitrogens is 2. The molecule has 0 saturated carbocycles. The molecule has 6 aromatic rings. The summed E-state index contributed by atoms with van der Waals surface area (Å²) in [6.45, 7) is 6.41. The Balaban J connectivity index is 0.000000371. The van der Waals surface area contributed by atoms with Gasteiger partial charge in [-0.2, -0.15) is 8.42 Å². The molecule has 16 nitrogen and oxygen atoms in total. The van der Waals surface area contributed by atoms with E-state index in [1.807, 2.05) is 49.3 Å². The van der Waals surface area contributed by atoms with Crippen molar-refractivity contribution >= 4 is 87.9 Å². The molecule has 0 bridgehead atoms. The molecule has 1 fully saturated rings. The number of hydrogen-bond acceptors (Lipinski definition) is 13. The monoisotopic (exact) mass is 1070 g/mol. The fraction of sp³-hybridized carbons (Fsp3) is 0.321. The van der Waals surface area contributed by atoms with E-state index >= 15 is 0 Å². The van der Waals surface area contributed by atoms with Gasteiger partial charge in [-0.05, 0) is 101 Å². The number of para-hydroxylation sites is 1. The number of ketones is 1. The van der Waals surface area contributed by atoms with E-state index in [0.717, 1.165) is 25.4 Å². The van der Waals surface area contributed by atoms with Crippen molar-refractivity contribution in [1.29, 1.82) is 0 Å². The van der Waals surface area contributed by atoms with Gasteiger partial charge in [-0.1, -0.05) is 103 Å². The molecular formula is C53H65Cl2N5NaO11S. The molecule has 0 spiro atoms. The van der Waals surface area contributed by atoms with Crippen LogP contribution in [0.25, 0.3) is 5.69 Å². The zero-order chi connectivity index (χ0) is 50.8. The molecule has 73 heavy (non-hydrogen) atoms. The Morgan fingerprint density at radius 3 is 1.74 bits per heavy atom. The van der Waals surface area contributed by atoms with Gasteiger partial charge >= 0.3 is 11.9 Å². The smallest absolute Gasteiger partial charge is 0.347 e. The third kappa shape index (κ3) is 18.0. The maximum Gasteiger partial charge on any atom is 0.347 e. The van der Waals surface area contributed by atoms with Crippen molar-refractivity contribution in [3.8, 4) is 11.4 Å². The van der Waals surface area contributed by atoms with Crippen LogP contribution in [0.15, 0.2) is 144 Å². The Labute approximate surface area is 462 Å². The van der Waals surface area contributed by atoms with Crippen LogP contribution in [0, 0.1) is 6.92 Å². The van der Waals surface area contributed by atoms with Gasteiger partial charge in [0.2, 0.25) is 5.60 Å². The predicted octanol–water partition coefficient (Wildman–Crippen LogP) is 6.82. The molecule has 2 N–H and O–H groups in total. The average molecular weight is 1070 g/mol. The molecule has 0 aliphatic carbocycles. The minimum atomic E-state index is -4.20. The first kappa shape index (κ1) is 63.8. The van der Waals surface area contributed by atoms with E-state index in [4.69, 9.17) is 18.8 Å². The van der Waals surface area contributed by atoms with Gasteiger partial charge in [-0.15, -0.1) is 24.8 Å². The van der Waals surface area contributed by atoms with E-state index < -0.39 is 33.5 Å². The summed E-state index contributed by atoms with van der Waals surface area (Å²) in [4.78, 5) is 55.3. The number of nitrogens with zero attached hydrogens (tertiary/aromatic N) is 5. The minimum Gasteiger partial charge on any atom is -0.492 e. The molecular weight excluding hydrogens is 1010 g/mol. The zero-order valence-corrected chi connectivity index (χ0v) is 46.8. The molecule has 5 aromatic carbocycles. The summed E-state index contributed by atoms with van der Waals surface area (Å²) in [7, 11) is 4.06. The van der Waals surface area contributed by atoms with Crippen LogP contribution in [-0.2, 0) is 37.0 Å². The fourth-order valence-electron chi connectivity index (χ4n) is 7.79. The quantitative estimate of drug-likeness (QED) is 0.0419. The zero-order valence-electron chi connectivity index (χ0n) is 42.4. The number of aliphatic hydroxyl groups is 1. The standard InChI is InChI=1S/C22H25NO4.C18H21NO3.C13H17N3O4S.2ClH.Na/c1-26-22(25)20-8-4-3-7-19(20)21(24)17-9-11-18(12-10-17)27-16-15-23-13-5-2-6-14-23;1-19(2)13-14-22-17(20)18(21,15-9-5-3-6-10-15)16-11-7-4-8-12-16;1-10-12(14(2)9-21(18,19)20)13(17)16(15(10)3)11-7-5-4-6-8-11;;;/h3-4,7-12H,2,5-6,13-16H2,1H3;3-12,21H,13-14H2,1-2H3;4-8H,9H2,1-3H3,(H,18,19,20);2*1H;. The first-order valence-electron chi connectivity index (χ1n) is 22.8. The number of anilines is 1. The second-order valence-corrected chi connectivity index (χ2v) is 18.3. The number of rotatable bonds is 17. The largest absolute Gasteiger partial charge is 0.492 e. The van der Waals surface area contributed by atoms with Gasteiger partial charge in [0.1, 0.15) is 30.5 Å². The van der Waals surface area contributed by atoms with Crippen molar-refractivity contribution in [2.75, 3.05) is 78.4 Å². The number of methoxy groups -OCH3 is 1. The van der Waals surface area contributed by atoms with E-state index in [-0.39, 0.29) is 83.6 Å². The van der Waals surface area contributed by atoms with E-state index in [2.05, 4.69) is 4.90 Å². The molecule has 0 amide bonds. The van der Waals surface area contributed by atoms with Crippen LogP contribution in [0.3, 0.4) is 0 Å². The summed E-state index contributed by atoms with van der Waals surface area (Å²) in [6, 6.07) is 40.5. The van der Waals surface area contributed by atoms with E-state index in [9.17, 15) is 32.7 Å². The van der Waals surface area contributed by atoms with Gasteiger partial charge in [0, 0.05) is 67.9 Å². The molecule has 2 heterocycles. The van der Waals surface area contributed by atoms with Gasteiger partial charge in [-0.25, -0.2) is 14.3 Å². The number of hydrogen-bond donors (Lipinski definition) is 2. The van der Waals surface area contributed by atoms with Crippen molar-refractivity contribution < 1.29 is 46.7 Å². The summed E-state index contributed by atoms with van der Waals surface area (Å²) in [5.41, 5.74) is 1.49. The predicted molar refractivity (Wildman–Crippen MR) is 290 cm³/mol. The van der Waals surface area contributed by atoms with Crippen LogP contribution >= 0.6 is 24.8 Å². The molecule has 1 aliphatic rings. The van der Waals surface area contributed by atoms with Crippen LogP contribution < -0.4 is 15.2 Å². The second-order valence-electron chi connectivity index (χ2n) is 16.8. The van der Waals surface area contributed by atoms with Crippen LogP contribution in [0.1, 0.15) is 62.4 Å². The third-order valence-electron chi connectivity index (χ3n) is 11.5. The van der Waals surface area contributed by atoms with Crippen LogP contribution in [-0.4, -0.2) is 158 Å². The number of ether oxygens (including phenoxy) is 3. The molecule has 1 aliphatic heterocycles. The second kappa shape index (κ2) is 30.8. The average Bonchev–Trinajstić information content (AvgIpc) is 3.60. The number of likely N-dealkylation sites (tertiary alicyclic amines) is 1. The Morgan fingerprint density at radius 1 is 0.726 bits per heavy atom. The van der Waals surface area contributed by atoms with Crippen LogP contribution in [0.4, 0.5) is 5.69 Å². The summed E-state index contributed by atoms with van der Waals surface area (Å²) in [5, 5.41) is 11.1. The summed E-state index contributed by atoms with van der Waals surface area (Å²) in [6.07, 6.45) is 3.86. The maximum atomic E-state index is 12.8. The number of likely N-dealkylation sites (N-methyl/N-ethyl adjacent to an activating group) is 1. The molecule has 20 heteroatoms. The van der Waals surface area contributed by atoms with Crippen molar-refractivity contribution in [2.24, 2.45) is 7.05 Å². The van der Waals surface area contributed by atoms with Crippen molar-refractivity contribution in [3.63, 3.8) is 0 Å². The normalized spacial score (nSPS) is 12.2. The Kier molecular flexibility index (Phi) is 26.9. The van der Waals surface area contributed by atoms with Gasteiger partial charge < -0.3 is 29.1 Å². The van der Waals surface area contributed by atoms with Gasteiger partial charge in [0.15, 0.2) is 5.78 Å². The molecule has 1 radical (unpaired) electrons. The number of carbonyl (C=O) groups is 3. The Morgan fingerprint density at radius 2 is 1.23 bits per heavy atom. The topological polar surface area (TPSA) is 190 Å². The first-order valence-corrected chi connectivity index (χ1v) is 24.4. The van der Waals surface area contributed by atoms with Gasteiger partial charge in [0.25, 0.3) is 15.7 Å². The van der Waals surface area contributed by atoms with E-state index in [0.29, 0.717) is 46.8 Å². The van der Waals surface area contributed by atoms with Crippen LogP contribution in [0.5, 0.6) is 5.75 Å². The first-order chi connectivity index (χ1) is 33.5. The molecule has 389 valence electrons. The van der Waals surface area contributed by atoms with Crippen molar-refractivity contribution in [1.82, 2.24) is 19.2 Å². The summed E-state index contributed by atoms with van der Waals surface area (Å²) >= 11 is 0. The fourth-order valence-corrected chi connectivity index (χ4v) is 8.41. The van der Waals surface area contributed by atoms with E-state index in [1.54, 1.807) is 128 Å². The summed E-state index contributed by atoms with van der Waals surface area (Å²) < 4.78 is 49.9. The van der Waals surface area contributed by atoms with Crippen LogP contribution in [0.2, 0.25) is 0 Å². The number of esters is 2. The Bertz CT molecular complexity index is 2780. The summed E-state index contributed by atoms with van der Waals surface area (Å²) in [5.74, 6) is -1.29. The van der Waals surface area contributed by atoms with E-state index in [1.165, 1.54) is 43.0 Å². The van der Waals surface area contributed by atoms with Gasteiger partial charge in [0.05, 0.1) is 24.1 Å².